The fourth-order valence-electron chi connectivity index (χ4n) is 1.97. The predicted molar refractivity (Wildman–Crippen MR) is 72.6 cm³/mol. The zero-order valence-electron chi connectivity index (χ0n) is 11.4. The molecule has 0 radical (unpaired) electrons. The summed E-state index contributed by atoms with van der Waals surface area (Å²) in [5.74, 6) is -2.53. The van der Waals surface area contributed by atoms with Crippen molar-refractivity contribution in [2.24, 2.45) is 5.92 Å². The van der Waals surface area contributed by atoms with E-state index < -0.39 is 17.9 Å². The lowest BCUT2D eigenvalue weighted by Crippen LogP contribution is -2.36. The normalized spacial score (nSPS) is 11.9. The van der Waals surface area contributed by atoms with Gasteiger partial charge in [0, 0.05) is 12.2 Å². The molecule has 0 spiro atoms. The van der Waals surface area contributed by atoms with E-state index in [-0.39, 0.29) is 13.1 Å². The molecule has 1 atom stereocenters. The van der Waals surface area contributed by atoms with Crippen molar-refractivity contribution in [1.29, 1.82) is 0 Å². The van der Waals surface area contributed by atoms with Gasteiger partial charge in [0.25, 0.3) is 0 Å². The molecule has 5 nitrogen and oxygen atoms in total. The van der Waals surface area contributed by atoms with Gasteiger partial charge < -0.3 is 15.1 Å². The Morgan fingerprint density at radius 3 is 2.11 bits per heavy atom. The van der Waals surface area contributed by atoms with E-state index in [4.69, 9.17) is 10.2 Å². The SMILES string of the molecule is Cc1cc(C)cc(N(CC(=O)O)CC(C)C(=O)O)c1. The molecule has 1 unspecified atom stereocenters. The highest BCUT2D eigenvalue weighted by atomic mass is 16.4. The first-order valence-corrected chi connectivity index (χ1v) is 6.07. The Bertz CT molecular complexity index is 464. The number of carboxylic acid groups (broad SMARTS) is 2. The Labute approximate surface area is 112 Å². The molecule has 0 aromatic heterocycles. The summed E-state index contributed by atoms with van der Waals surface area (Å²) in [4.78, 5) is 23.4. The third kappa shape index (κ3) is 4.62. The predicted octanol–water partition coefficient (Wildman–Crippen LogP) is 1.92. The lowest BCUT2D eigenvalue weighted by molar-refractivity contribution is -0.141. The maximum Gasteiger partial charge on any atom is 0.323 e. The minimum absolute atomic E-state index is 0.171. The van der Waals surface area contributed by atoms with E-state index in [1.165, 1.54) is 0 Å². The van der Waals surface area contributed by atoms with Gasteiger partial charge in [0.1, 0.15) is 6.54 Å². The minimum Gasteiger partial charge on any atom is -0.481 e. The first-order chi connectivity index (χ1) is 8.79. The monoisotopic (exact) mass is 265 g/mol. The van der Waals surface area contributed by atoms with Crippen LogP contribution in [0.5, 0.6) is 0 Å². The summed E-state index contributed by atoms with van der Waals surface area (Å²) < 4.78 is 0. The Balaban J connectivity index is 3.01. The molecular formula is C14H19NO4. The van der Waals surface area contributed by atoms with Gasteiger partial charge in [0.15, 0.2) is 0 Å². The molecule has 0 amide bonds. The second-order valence-corrected chi connectivity index (χ2v) is 4.86. The largest absolute Gasteiger partial charge is 0.481 e. The average Bonchev–Trinajstić information content (AvgIpc) is 2.25. The quantitative estimate of drug-likeness (QED) is 0.821. The summed E-state index contributed by atoms with van der Waals surface area (Å²) in [6.07, 6.45) is 0. The van der Waals surface area contributed by atoms with Crippen LogP contribution in [0.3, 0.4) is 0 Å². The summed E-state index contributed by atoms with van der Waals surface area (Å²) in [5, 5.41) is 17.9. The number of rotatable bonds is 6. The van der Waals surface area contributed by atoms with Crippen LogP contribution in [0.1, 0.15) is 18.1 Å². The summed E-state index contributed by atoms with van der Waals surface area (Å²) in [7, 11) is 0. The number of nitrogens with zero attached hydrogens (tertiary/aromatic N) is 1. The fourth-order valence-corrected chi connectivity index (χ4v) is 1.97. The Hall–Kier alpha value is -2.04. The smallest absolute Gasteiger partial charge is 0.323 e. The van der Waals surface area contributed by atoms with Crippen LogP contribution in [0, 0.1) is 19.8 Å². The molecular weight excluding hydrogens is 246 g/mol. The first kappa shape index (κ1) is 15.0. The molecule has 1 aromatic rings. The molecule has 0 heterocycles. The standard InChI is InChI=1S/C14H19NO4/c1-9-4-10(2)6-12(5-9)15(8-13(16)17)7-11(3)14(18)19/h4-6,11H,7-8H2,1-3H3,(H,16,17)(H,18,19). The number of benzene rings is 1. The second kappa shape index (κ2) is 6.22. The molecule has 5 heteroatoms. The molecule has 0 aliphatic heterocycles. The maximum absolute atomic E-state index is 10.9. The fraction of sp³-hybridized carbons (Fsp3) is 0.429. The summed E-state index contributed by atoms with van der Waals surface area (Å²) in [6, 6.07) is 5.72. The molecule has 0 saturated heterocycles. The van der Waals surface area contributed by atoms with Crippen molar-refractivity contribution in [3.8, 4) is 0 Å². The van der Waals surface area contributed by atoms with Crippen LogP contribution >= 0.6 is 0 Å². The van der Waals surface area contributed by atoms with Crippen LogP contribution in [0.2, 0.25) is 0 Å². The lowest BCUT2D eigenvalue weighted by Gasteiger charge is -2.25. The van der Waals surface area contributed by atoms with Gasteiger partial charge in [-0.3, -0.25) is 9.59 Å². The van der Waals surface area contributed by atoms with E-state index in [1.54, 1.807) is 11.8 Å². The number of hydrogen-bond acceptors (Lipinski definition) is 3. The van der Waals surface area contributed by atoms with Gasteiger partial charge in [-0.1, -0.05) is 13.0 Å². The zero-order chi connectivity index (χ0) is 14.6. The van der Waals surface area contributed by atoms with Gasteiger partial charge in [-0.15, -0.1) is 0 Å². The van der Waals surface area contributed by atoms with Crippen LogP contribution in [0.15, 0.2) is 18.2 Å². The van der Waals surface area contributed by atoms with E-state index in [0.717, 1.165) is 16.8 Å². The van der Waals surface area contributed by atoms with Crippen molar-refractivity contribution in [3.05, 3.63) is 29.3 Å². The van der Waals surface area contributed by atoms with E-state index in [2.05, 4.69) is 0 Å². The number of carbonyl (C=O) groups is 2. The summed E-state index contributed by atoms with van der Waals surface area (Å²) >= 11 is 0. The molecule has 2 N–H and O–H groups in total. The Morgan fingerprint density at radius 2 is 1.68 bits per heavy atom. The minimum atomic E-state index is -0.975. The van der Waals surface area contributed by atoms with Crippen LogP contribution in [-0.4, -0.2) is 35.2 Å². The topological polar surface area (TPSA) is 77.8 Å². The van der Waals surface area contributed by atoms with Crippen molar-refractivity contribution in [1.82, 2.24) is 0 Å². The number of carboxylic acids is 2. The summed E-state index contributed by atoms with van der Waals surface area (Å²) in [6.45, 7) is 5.39. The van der Waals surface area contributed by atoms with Crippen molar-refractivity contribution >= 4 is 17.6 Å². The van der Waals surface area contributed by atoms with Crippen molar-refractivity contribution < 1.29 is 19.8 Å². The second-order valence-electron chi connectivity index (χ2n) is 4.86. The summed E-state index contributed by atoms with van der Waals surface area (Å²) in [5.41, 5.74) is 2.79. The van der Waals surface area contributed by atoms with Gasteiger partial charge in [0.2, 0.25) is 0 Å². The average molecular weight is 265 g/mol. The molecule has 104 valence electrons. The van der Waals surface area contributed by atoms with E-state index >= 15 is 0 Å². The van der Waals surface area contributed by atoms with E-state index in [0.29, 0.717) is 0 Å². The Kier molecular flexibility index (Phi) is 4.92. The molecule has 19 heavy (non-hydrogen) atoms. The van der Waals surface area contributed by atoms with E-state index in [9.17, 15) is 9.59 Å². The number of anilines is 1. The number of aryl methyl sites for hydroxylation is 2. The molecule has 0 aliphatic rings. The first-order valence-electron chi connectivity index (χ1n) is 6.07. The van der Waals surface area contributed by atoms with Crippen molar-refractivity contribution in [2.75, 3.05) is 18.0 Å². The highest BCUT2D eigenvalue weighted by Gasteiger charge is 2.19. The molecule has 1 rings (SSSR count). The van der Waals surface area contributed by atoms with Crippen LogP contribution in [-0.2, 0) is 9.59 Å². The van der Waals surface area contributed by atoms with Gasteiger partial charge in [0.05, 0.1) is 5.92 Å². The third-order valence-corrected chi connectivity index (χ3v) is 2.81. The number of aliphatic carboxylic acids is 2. The molecule has 0 saturated carbocycles. The van der Waals surface area contributed by atoms with Gasteiger partial charge >= 0.3 is 11.9 Å². The van der Waals surface area contributed by atoms with Crippen molar-refractivity contribution in [2.45, 2.75) is 20.8 Å². The lowest BCUT2D eigenvalue weighted by atomic mass is 10.1. The van der Waals surface area contributed by atoms with Crippen molar-refractivity contribution in [3.63, 3.8) is 0 Å². The Morgan fingerprint density at radius 1 is 1.16 bits per heavy atom. The molecule has 0 fully saturated rings. The van der Waals surface area contributed by atoms with Gasteiger partial charge in [-0.2, -0.15) is 0 Å². The highest BCUT2D eigenvalue weighted by molar-refractivity contribution is 5.75. The van der Waals surface area contributed by atoms with E-state index in [1.807, 2.05) is 32.0 Å². The van der Waals surface area contributed by atoms with Gasteiger partial charge in [-0.25, -0.2) is 0 Å². The van der Waals surface area contributed by atoms with Crippen LogP contribution in [0.4, 0.5) is 5.69 Å². The zero-order valence-corrected chi connectivity index (χ0v) is 11.4. The molecule has 1 aromatic carbocycles. The van der Waals surface area contributed by atoms with Gasteiger partial charge in [-0.05, 0) is 37.1 Å². The molecule has 0 aliphatic carbocycles. The van der Waals surface area contributed by atoms with Crippen LogP contribution < -0.4 is 4.90 Å². The highest BCUT2D eigenvalue weighted by Crippen LogP contribution is 2.20. The maximum atomic E-state index is 10.9. The third-order valence-electron chi connectivity index (χ3n) is 2.81. The van der Waals surface area contributed by atoms with Crippen LogP contribution in [0.25, 0.3) is 0 Å². The number of hydrogen-bond donors (Lipinski definition) is 2. The molecule has 0 bridgehead atoms.